The van der Waals surface area contributed by atoms with Crippen molar-refractivity contribution < 1.29 is 19.1 Å². The number of aryl methyl sites for hydroxylation is 1. The maximum atomic E-state index is 12.7. The van der Waals surface area contributed by atoms with Gasteiger partial charge in [-0.1, -0.05) is 67.3 Å². The molecule has 0 fully saturated rings. The number of Topliss-reactive ketones (excluding diaryl/α,β-unsaturated/α-hetero) is 1. The molecule has 0 aromatic heterocycles. The van der Waals surface area contributed by atoms with Gasteiger partial charge in [-0.3, -0.25) is 4.79 Å². The van der Waals surface area contributed by atoms with Gasteiger partial charge in [0, 0.05) is 12.1 Å². The third kappa shape index (κ3) is 8.81. The number of carboxylic acids is 1. The zero-order chi connectivity index (χ0) is 24.9. The van der Waals surface area contributed by atoms with Gasteiger partial charge in [0.25, 0.3) is 0 Å². The molecule has 5 heteroatoms. The number of carbonyl (C=O) groups is 2. The lowest BCUT2D eigenvalue weighted by molar-refractivity contribution is -0.133. The second kappa shape index (κ2) is 13.9. The van der Waals surface area contributed by atoms with Crippen LogP contribution in [0.5, 0.6) is 0 Å². The summed E-state index contributed by atoms with van der Waals surface area (Å²) in [6.45, 7) is 7.29. The second-order valence-corrected chi connectivity index (χ2v) is 8.35. The number of aliphatic carboxylic acids is 1. The fourth-order valence-corrected chi connectivity index (χ4v) is 3.88. The molecular formula is C29H34FNO3. The molecule has 2 N–H and O–H groups in total. The van der Waals surface area contributed by atoms with Gasteiger partial charge in [-0.2, -0.15) is 0 Å². The molecular weight excluding hydrogens is 429 g/mol. The molecule has 34 heavy (non-hydrogen) atoms. The molecule has 0 radical (unpaired) electrons. The van der Waals surface area contributed by atoms with Crippen LogP contribution in [0, 0.1) is 5.92 Å². The van der Waals surface area contributed by atoms with Crippen molar-refractivity contribution in [2.75, 3.05) is 6.54 Å². The minimum Gasteiger partial charge on any atom is -0.478 e. The first-order valence-electron chi connectivity index (χ1n) is 11.6. The lowest BCUT2D eigenvalue weighted by Crippen LogP contribution is -2.28. The summed E-state index contributed by atoms with van der Waals surface area (Å²) >= 11 is 0. The van der Waals surface area contributed by atoms with E-state index in [1.165, 1.54) is 13.0 Å². The van der Waals surface area contributed by atoms with Crippen LogP contribution in [0.1, 0.15) is 56.2 Å². The number of benzene rings is 1. The normalized spacial score (nSPS) is 17.1. The highest BCUT2D eigenvalue weighted by molar-refractivity contribution is 5.88. The van der Waals surface area contributed by atoms with Crippen molar-refractivity contribution in [3.63, 3.8) is 0 Å². The lowest BCUT2D eigenvalue weighted by atomic mass is 9.86. The van der Waals surface area contributed by atoms with E-state index in [1.54, 1.807) is 12.2 Å². The van der Waals surface area contributed by atoms with E-state index in [9.17, 15) is 19.1 Å². The van der Waals surface area contributed by atoms with Gasteiger partial charge in [-0.05, 0) is 68.2 Å². The molecule has 1 aromatic rings. The van der Waals surface area contributed by atoms with Gasteiger partial charge in [0.2, 0.25) is 0 Å². The Morgan fingerprint density at radius 3 is 2.71 bits per heavy atom. The summed E-state index contributed by atoms with van der Waals surface area (Å²) in [5.74, 6) is -1.09. The topological polar surface area (TPSA) is 66.4 Å². The SMILES string of the molecule is C=Cc1ccc(CCC(=O)CNC2=C(C(=O)O)CC(/C=C/C=C\C=C(/C)F)CC2)cc1/C=C\C. The van der Waals surface area contributed by atoms with Gasteiger partial charge in [-0.15, -0.1) is 0 Å². The highest BCUT2D eigenvalue weighted by atomic mass is 19.1. The average molecular weight is 464 g/mol. The Balaban J connectivity index is 1.92. The zero-order valence-electron chi connectivity index (χ0n) is 20.0. The molecule has 0 spiro atoms. The van der Waals surface area contributed by atoms with Gasteiger partial charge in [-0.25, -0.2) is 9.18 Å². The quantitative estimate of drug-likeness (QED) is 0.344. The zero-order valence-corrected chi connectivity index (χ0v) is 20.0. The molecule has 4 nitrogen and oxygen atoms in total. The number of halogens is 1. The van der Waals surface area contributed by atoms with Crippen molar-refractivity contribution in [1.29, 1.82) is 0 Å². The van der Waals surface area contributed by atoms with Gasteiger partial charge >= 0.3 is 5.97 Å². The Hall–Kier alpha value is -3.47. The van der Waals surface area contributed by atoms with Gasteiger partial charge < -0.3 is 10.4 Å². The van der Waals surface area contributed by atoms with Crippen LogP contribution in [0.3, 0.4) is 0 Å². The largest absolute Gasteiger partial charge is 0.478 e. The van der Waals surface area contributed by atoms with Crippen molar-refractivity contribution in [1.82, 2.24) is 5.32 Å². The Bertz CT molecular complexity index is 1040. The number of allylic oxidation sites excluding steroid dienone is 8. The van der Waals surface area contributed by atoms with Crippen LogP contribution in [0.25, 0.3) is 12.2 Å². The predicted octanol–water partition coefficient (Wildman–Crippen LogP) is 6.58. The lowest BCUT2D eigenvalue weighted by Gasteiger charge is -2.24. The van der Waals surface area contributed by atoms with E-state index in [-0.39, 0.29) is 24.1 Å². The molecule has 0 aliphatic heterocycles. The first-order chi connectivity index (χ1) is 16.3. The Labute approximate surface area is 202 Å². The Kier molecular flexibility index (Phi) is 11.0. The van der Waals surface area contributed by atoms with E-state index < -0.39 is 5.97 Å². The van der Waals surface area contributed by atoms with E-state index in [4.69, 9.17) is 0 Å². The van der Waals surface area contributed by atoms with Crippen molar-refractivity contribution >= 4 is 23.9 Å². The van der Waals surface area contributed by atoms with Crippen LogP contribution in [-0.2, 0) is 16.0 Å². The van der Waals surface area contributed by atoms with Gasteiger partial charge in [0.15, 0.2) is 5.78 Å². The number of hydrogen-bond acceptors (Lipinski definition) is 3. The van der Waals surface area contributed by atoms with Gasteiger partial charge in [0.05, 0.1) is 17.9 Å². The summed E-state index contributed by atoms with van der Waals surface area (Å²) in [6, 6.07) is 6.09. The third-order valence-corrected chi connectivity index (χ3v) is 5.69. The molecule has 2 rings (SSSR count). The second-order valence-electron chi connectivity index (χ2n) is 8.35. The maximum absolute atomic E-state index is 12.7. The smallest absolute Gasteiger partial charge is 0.333 e. The van der Waals surface area contributed by atoms with Crippen molar-refractivity contribution in [3.8, 4) is 0 Å². The number of carboxylic acid groups (broad SMARTS) is 1. The predicted molar refractivity (Wildman–Crippen MR) is 138 cm³/mol. The summed E-state index contributed by atoms with van der Waals surface area (Å²) in [5.41, 5.74) is 4.18. The number of hydrogen-bond donors (Lipinski definition) is 2. The van der Waals surface area contributed by atoms with Crippen LogP contribution in [0.2, 0.25) is 0 Å². The molecule has 1 aliphatic carbocycles. The van der Waals surface area contributed by atoms with Crippen LogP contribution >= 0.6 is 0 Å². The molecule has 1 atom stereocenters. The first-order valence-corrected chi connectivity index (χ1v) is 11.6. The fraction of sp³-hybridized carbons (Fsp3) is 0.310. The van der Waals surface area contributed by atoms with E-state index in [0.717, 1.165) is 23.1 Å². The van der Waals surface area contributed by atoms with E-state index in [0.29, 0.717) is 37.0 Å². The molecule has 180 valence electrons. The molecule has 0 saturated heterocycles. The van der Waals surface area contributed by atoms with Crippen molar-refractivity contribution in [2.24, 2.45) is 5.92 Å². The molecule has 0 amide bonds. The summed E-state index contributed by atoms with van der Waals surface area (Å²) in [7, 11) is 0. The highest BCUT2D eigenvalue weighted by Crippen LogP contribution is 2.29. The minimum atomic E-state index is -0.960. The third-order valence-electron chi connectivity index (χ3n) is 5.69. The number of nitrogens with one attached hydrogen (secondary N) is 1. The number of carbonyl (C=O) groups excluding carboxylic acids is 1. The Morgan fingerprint density at radius 2 is 2.03 bits per heavy atom. The van der Waals surface area contributed by atoms with Crippen LogP contribution in [0.15, 0.2) is 78.3 Å². The molecule has 1 aromatic carbocycles. The summed E-state index contributed by atoms with van der Waals surface area (Å²) in [5, 5.41) is 12.7. The van der Waals surface area contributed by atoms with Crippen LogP contribution < -0.4 is 5.32 Å². The summed E-state index contributed by atoms with van der Waals surface area (Å²) in [6.07, 6.45) is 17.1. The highest BCUT2D eigenvalue weighted by Gasteiger charge is 2.24. The standard InChI is InChI=1S/C29H34FNO3/c1-4-9-25-18-23(12-15-24(25)5-2)13-16-26(32)20-31-28-17-14-22(19-27(28)29(33)34)11-8-6-7-10-21(3)30/h4-12,15,18,22,31H,2,13-14,16-17,19-20H2,1,3H3,(H,33,34)/b7-6-,9-4-,11-8+,21-10+. The van der Waals surface area contributed by atoms with E-state index >= 15 is 0 Å². The molecule has 1 aliphatic rings. The maximum Gasteiger partial charge on any atom is 0.333 e. The van der Waals surface area contributed by atoms with E-state index in [2.05, 4.69) is 18.0 Å². The average Bonchev–Trinajstić information content (AvgIpc) is 2.81. The fourth-order valence-electron chi connectivity index (χ4n) is 3.88. The van der Waals surface area contributed by atoms with Crippen molar-refractivity contribution in [3.05, 3.63) is 95.0 Å². The van der Waals surface area contributed by atoms with Gasteiger partial charge in [0.1, 0.15) is 0 Å². The summed E-state index contributed by atoms with van der Waals surface area (Å²) < 4.78 is 12.7. The number of rotatable bonds is 12. The monoisotopic (exact) mass is 463 g/mol. The van der Waals surface area contributed by atoms with Crippen LogP contribution in [0.4, 0.5) is 4.39 Å². The minimum absolute atomic E-state index is 0.0426. The molecule has 0 bridgehead atoms. The molecule has 0 heterocycles. The molecule has 1 unspecified atom stereocenters. The van der Waals surface area contributed by atoms with Crippen molar-refractivity contribution in [2.45, 2.75) is 46.0 Å². The number of ketones is 1. The summed E-state index contributed by atoms with van der Waals surface area (Å²) in [4.78, 5) is 24.2. The van der Waals surface area contributed by atoms with Crippen LogP contribution in [-0.4, -0.2) is 23.4 Å². The Morgan fingerprint density at radius 1 is 1.24 bits per heavy atom. The first kappa shape index (κ1) is 26.8. The van der Waals surface area contributed by atoms with E-state index in [1.807, 2.05) is 49.4 Å². The molecule has 0 saturated carbocycles.